The van der Waals surface area contributed by atoms with Gasteiger partial charge in [-0.3, -0.25) is 9.59 Å². The lowest BCUT2D eigenvalue weighted by Crippen LogP contribution is -2.61. The minimum Gasteiger partial charge on any atom is -0.478 e. The highest BCUT2D eigenvalue weighted by Crippen LogP contribution is 2.11. The topological polar surface area (TPSA) is 125 Å². The first-order chi connectivity index (χ1) is 16.8. The van der Waals surface area contributed by atoms with Crippen LogP contribution in [0.3, 0.4) is 0 Å². The van der Waals surface area contributed by atoms with Gasteiger partial charge < -0.3 is 25.6 Å². The van der Waals surface area contributed by atoms with Gasteiger partial charge in [-0.25, -0.2) is 4.79 Å². The number of hydrogen-bond acceptors (Lipinski definition) is 5. The largest absolute Gasteiger partial charge is 0.478 e. The predicted molar refractivity (Wildman–Crippen MR) is 136 cm³/mol. The summed E-state index contributed by atoms with van der Waals surface area (Å²) in [4.78, 5) is 36.2. The molecular formula is C27H44N2O6. The maximum absolute atomic E-state index is 12.8. The summed E-state index contributed by atoms with van der Waals surface area (Å²) in [6, 6.07) is 6.13. The van der Waals surface area contributed by atoms with Gasteiger partial charge in [-0.15, -0.1) is 0 Å². The van der Waals surface area contributed by atoms with Crippen molar-refractivity contribution >= 4 is 17.8 Å². The van der Waals surface area contributed by atoms with Crippen LogP contribution >= 0.6 is 0 Å². The van der Waals surface area contributed by atoms with Crippen molar-refractivity contribution in [1.29, 1.82) is 0 Å². The Morgan fingerprint density at radius 1 is 0.857 bits per heavy atom. The fourth-order valence-electron chi connectivity index (χ4n) is 3.65. The van der Waals surface area contributed by atoms with Gasteiger partial charge in [-0.2, -0.15) is 0 Å². The van der Waals surface area contributed by atoms with Crippen LogP contribution in [0.2, 0.25) is 0 Å². The SMILES string of the molecule is CCCCCCCCCC(=O)NC(O)(COCc1ccc(C(=O)O)cc1)C(=O)NCCCCCC. The summed E-state index contributed by atoms with van der Waals surface area (Å²) in [6.45, 7) is 4.32. The molecule has 0 aliphatic carbocycles. The third-order valence-corrected chi connectivity index (χ3v) is 5.83. The molecule has 0 aromatic heterocycles. The maximum atomic E-state index is 12.8. The van der Waals surface area contributed by atoms with E-state index in [4.69, 9.17) is 9.84 Å². The highest BCUT2D eigenvalue weighted by molar-refractivity contribution is 5.90. The van der Waals surface area contributed by atoms with E-state index in [9.17, 15) is 19.5 Å². The van der Waals surface area contributed by atoms with Gasteiger partial charge in [-0.1, -0.05) is 83.8 Å². The Morgan fingerprint density at radius 2 is 1.43 bits per heavy atom. The highest BCUT2D eigenvalue weighted by Gasteiger charge is 2.38. The van der Waals surface area contributed by atoms with Crippen molar-refractivity contribution < 1.29 is 29.3 Å². The quantitative estimate of drug-likeness (QED) is 0.156. The zero-order valence-electron chi connectivity index (χ0n) is 21.4. The fraction of sp³-hybridized carbons (Fsp3) is 0.667. The highest BCUT2D eigenvalue weighted by atomic mass is 16.5. The molecule has 35 heavy (non-hydrogen) atoms. The molecule has 4 N–H and O–H groups in total. The molecule has 2 amide bonds. The monoisotopic (exact) mass is 492 g/mol. The molecule has 1 atom stereocenters. The third kappa shape index (κ3) is 13.3. The number of carboxylic acids is 1. The first-order valence-electron chi connectivity index (χ1n) is 13.0. The standard InChI is InChI=1S/C27H44N2O6/c1-3-5-7-9-10-11-12-14-24(30)29-27(34,26(33)28-19-13-8-6-4-2)21-35-20-22-15-17-23(18-16-22)25(31)32/h15-18,34H,3-14,19-21H2,1-2H3,(H,28,33)(H,29,30)(H,31,32). The number of carbonyl (C=O) groups is 3. The predicted octanol–water partition coefficient (Wildman–Crippen LogP) is 4.54. The fourth-order valence-corrected chi connectivity index (χ4v) is 3.65. The van der Waals surface area contributed by atoms with E-state index < -0.39 is 30.1 Å². The molecule has 0 saturated carbocycles. The summed E-state index contributed by atoms with van der Waals surface area (Å²) >= 11 is 0. The van der Waals surface area contributed by atoms with Gasteiger partial charge in [-0.05, 0) is 30.5 Å². The van der Waals surface area contributed by atoms with Crippen molar-refractivity contribution in [2.45, 2.75) is 103 Å². The Balaban J connectivity index is 2.60. The molecule has 0 bridgehead atoms. The average Bonchev–Trinajstić information content (AvgIpc) is 2.83. The molecule has 1 rings (SSSR count). The van der Waals surface area contributed by atoms with E-state index in [0.717, 1.165) is 44.9 Å². The summed E-state index contributed by atoms with van der Waals surface area (Å²) in [5.41, 5.74) is -1.33. The van der Waals surface area contributed by atoms with Crippen LogP contribution in [-0.4, -0.2) is 46.9 Å². The van der Waals surface area contributed by atoms with Crippen LogP contribution in [0.15, 0.2) is 24.3 Å². The molecule has 0 aliphatic heterocycles. The van der Waals surface area contributed by atoms with Crippen LogP contribution in [-0.2, 0) is 20.9 Å². The number of aliphatic hydroxyl groups is 1. The summed E-state index contributed by atoms with van der Waals surface area (Å²) in [6.07, 6.45) is 11.6. The summed E-state index contributed by atoms with van der Waals surface area (Å²) in [7, 11) is 0. The van der Waals surface area contributed by atoms with E-state index >= 15 is 0 Å². The van der Waals surface area contributed by atoms with Crippen LogP contribution < -0.4 is 10.6 Å². The van der Waals surface area contributed by atoms with Gasteiger partial charge in [0.25, 0.3) is 5.91 Å². The van der Waals surface area contributed by atoms with E-state index in [1.165, 1.54) is 31.4 Å². The number of aromatic carboxylic acids is 1. The summed E-state index contributed by atoms with van der Waals surface area (Å²) in [5, 5.41) is 25.2. The van der Waals surface area contributed by atoms with Crippen molar-refractivity contribution in [3.63, 3.8) is 0 Å². The second-order valence-corrected chi connectivity index (χ2v) is 9.09. The third-order valence-electron chi connectivity index (χ3n) is 5.83. The molecule has 0 fully saturated rings. The van der Waals surface area contributed by atoms with Crippen molar-refractivity contribution in [3.8, 4) is 0 Å². The Bertz CT molecular complexity index is 753. The maximum Gasteiger partial charge on any atom is 0.335 e. The molecule has 0 aliphatic rings. The molecule has 8 nitrogen and oxygen atoms in total. The summed E-state index contributed by atoms with van der Waals surface area (Å²) < 4.78 is 5.56. The minimum absolute atomic E-state index is 0.0552. The number of unbranched alkanes of at least 4 members (excludes halogenated alkanes) is 9. The van der Waals surface area contributed by atoms with Crippen molar-refractivity contribution in [1.82, 2.24) is 10.6 Å². The lowest BCUT2D eigenvalue weighted by Gasteiger charge is -2.28. The molecule has 8 heteroatoms. The molecule has 1 aromatic carbocycles. The number of carboxylic acid groups (broad SMARTS) is 1. The van der Waals surface area contributed by atoms with Crippen molar-refractivity contribution in [2.24, 2.45) is 0 Å². The summed E-state index contributed by atoms with van der Waals surface area (Å²) in [5.74, 6) is -2.11. The number of benzene rings is 1. The van der Waals surface area contributed by atoms with Gasteiger partial charge in [0.1, 0.15) is 6.61 Å². The normalized spacial score (nSPS) is 12.7. The van der Waals surface area contributed by atoms with Crippen LogP contribution in [0, 0.1) is 0 Å². The lowest BCUT2D eigenvalue weighted by molar-refractivity contribution is -0.158. The Hall–Kier alpha value is -2.45. The number of carbonyl (C=O) groups excluding carboxylic acids is 2. The second-order valence-electron chi connectivity index (χ2n) is 9.09. The van der Waals surface area contributed by atoms with Gasteiger partial charge in [0, 0.05) is 13.0 Å². The smallest absolute Gasteiger partial charge is 0.335 e. The lowest BCUT2D eigenvalue weighted by atomic mass is 10.1. The van der Waals surface area contributed by atoms with Gasteiger partial charge >= 0.3 is 5.97 Å². The van der Waals surface area contributed by atoms with E-state index in [0.29, 0.717) is 18.5 Å². The molecule has 198 valence electrons. The molecule has 0 spiro atoms. The molecule has 1 aromatic rings. The zero-order valence-corrected chi connectivity index (χ0v) is 21.4. The van der Waals surface area contributed by atoms with E-state index in [2.05, 4.69) is 24.5 Å². The first kappa shape index (κ1) is 30.6. The minimum atomic E-state index is -2.18. The Labute approximate surface area is 209 Å². The zero-order chi connectivity index (χ0) is 25.9. The molecular weight excluding hydrogens is 448 g/mol. The van der Waals surface area contributed by atoms with Gasteiger partial charge in [0.2, 0.25) is 11.6 Å². The second kappa shape index (κ2) is 17.9. The van der Waals surface area contributed by atoms with E-state index in [1.807, 2.05) is 0 Å². The van der Waals surface area contributed by atoms with Crippen LogP contribution in [0.4, 0.5) is 0 Å². The number of ether oxygens (including phenoxy) is 1. The van der Waals surface area contributed by atoms with Gasteiger partial charge in [0.15, 0.2) is 0 Å². The first-order valence-corrected chi connectivity index (χ1v) is 13.0. The van der Waals surface area contributed by atoms with Crippen LogP contribution in [0.1, 0.15) is 107 Å². The number of amides is 2. The van der Waals surface area contributed by atoms with E-state index in [-0.39, 0.29) is 18.6 Å². The molecule has 0 saturated heterocycles. The number of nitrogens with one attached hydrogen (secondary N) is 2. The van der Waals surface area contributed by atoms with Crippen molar-refractivity contribution in [2.75, 3.05) is 13.2 Å². The molecule has 0 heterocycles. The average molecular weight is 493 g/mol. The van der Waals surface area contributed by atoms with E-state index in [1.54, 1.807) is 12.1 Å². The van der Waals surface area contributed by atoms with Crippen molar-refractivity contribution in [3.05, 3.63) is 35.4 Å². The Morgan fingerprint density at radius 3 is 2.03 bits per heavy atom. The molecule has 1 unspecified atom stereocenters. The van der Waals surface area contributed by atoms with Gasteiger partial charge in [0.05, 0.1) is 12.2 Å². The van der Waals surface area contributed by atoms with Crippen LogP contribution in [0.5, 0.6) is 0 Å². The number of rotatable bonds is 20. The Kier molecular flexibility index (Phi) is 15.6. The molecule has 0 radical (unpaired) electrons. The van der Waals surface area contributed by atoms with Crippen LogP contribution in [0.25, 0.3) is 0 Å². The number of hydrogen-bond donors (Lipinski definition) is 4.